The molecule has 4 nitrogen and oxygen atoms in total. The number of rotatable bonds is 4. The summed E-state index contributed by atoms with van der Waals surface area (Å²) in [7, 11) is 0. The van der Waals surface area contributed by atoms with Crippen LogP contribution in [0.1, 0.15) is 28.0 Å². The van der Waals surface area contributed by atoms with E-state index in [0.717, 1.165) is 30.2 Å². The second-order valence-electron chi connectivity index (χ2n) is 6.07. The van der Waals surface area contributed by atoms with E-state index >= 15 is 0 Å². The van der Waals surface area contributed by atoms with Gasteiger partial charge in [0.2, 0.25) is 0 Å². The smallest absolute Gasteiger partial charge is 0.275 e. The van der Waals surface area contributed by atoms with Crippen LogP contribution in [0.25, 0.3) is 0 Å². The number of carbonyl (C=O) groups excluding carboxylic acids is 1. The zero-order chi connectivity index (χ0) is 17.1. The number of likely N-dealkylation sites (tertiary alicyclic amines) is 1. The largest absolute Gasteiger partial charge is 0.392 e. The first-order valence-corrected chi connectivity index (χ1v) is 7.86. The number of aromatic nitrogens is 1. The Hall–Kier alpha value is -2.34. The molecule has 0 saturated carbocycles. The van der Waals surface area contributed by atoms with Gasteiger partial charge in [0.25, 0.3) is 5.91 Å². The Morgan fingerprint density at radius 3 is 2.83 bits per heavy atom. The van der Waals surface area contributed by atoms with E-state index in [9.17, 15) is 18.7 Å². The molecule has 2 aromatic rings. The number of nitrogens with zero attached hydrogens (tertiary/aromatic N) is 2. The lowest BCUT2D eigenvalue weighted by Gasteiger charge is -2.16. The van der Waals surface area contributed by atoms with E-state index in [1.54, 1.807) is 4.90 Å². The van der Waals surface area contributed by atoms with E-state index < -0.39 is 17.5 Å². The molecule has 1 saturated heterocycles. The van der Waals surface area contributed by atoms with E-state index in [4.69, 9.17) is 0 Å². The summed E-state index contributed by atoms with van der Waals surface area (Å²) in [6.07, 6.45) is 2.46. The molecular formula is C18H18F2N2O2. The number of hydrogen-bond acceptors (Lipinski definition) is 3. The van der Waals surface area contributed by atoms with Gasteiger partial charge in [0, 0.05) is 19.2 Å². The van der Waals surface area contributed by atoms with Crippen LogP contribution in [0.3, 0.4) is 0 Å². The molecule has 1 aromatic carbocycles. The van der Waals surface area contributed by atoms with E-state index in [-0.39, 0.29) is 18.2 Å². The molecule has 126 valence electrons. The Morgan fingerprint density at radius 1 is 1.29 bits per heavy atom. The van der Waals surface area contributed by atoms with Crippen molar-refractivity contribution in [1.29, 1.82) is 0 Å². The van der Waals surface area contributed by atoms with Crippen LogP contribution in [-0.4, -0.2) is 34.0 Å². The summed E-state index contributed by atoms with van der Waals surface area (Å²) in [6, 6.07) is 8.37. The van der Waals surface area contributed by atoms with Crippen molar-refractivity contribution in [3.8, 4) is 0 Å². The van der Waals surface area contributed by atoms with Gasteiger partial charge < -0.3 is 10.0 Å². The normalized spacial score (nSPS) is 17.3. The number of hydrogen-bond donors (Lipinski definition) is 1. The van der Waals surface area contributed by atoms with Crippen molar-refractivity contribution < 1.29 is 18.7 Å². The molecule has 0 radical (unpaired) electrons. The van der Waals surface area contributed by atoms with Gasteiger partial charge >= 0.3 is 0 Å². The average Bonchev–Trinajstić information content (AvgIpc) is 3.03. The fourth-order valence-corrected chi connectivity index (χ4v) is 3.09. The van der Waals surface area contributed by atoms with Crippen molar-refractivity contribution in [2.75, 3.05) is 13.1 Å². The van der Waals surface area contributed by atoms with Crippen molar-refractivity contribution in [1.82, 2.24) is 9.88 Å². The molecule has 1 unspecified atom stereocenters. The molecule has 1 aromatic heterocycles. The first-order valence-electron chi connectivity index (χ1n) is 7.86. The van der Waals surface area contributed by atoms with E-state index in [2.05, 4.69) is 4.98 Å². The third-order valence-corrected chi connectivity index (χ3v) is 4.28. The van der Waals surface area contributed by atoms with Crippen molar-refractivity contribution >= 4 is 5.91 Å². The van der Waals surface area contributed by atoms with Gasteiger partial charge in [-0.05, 0) is 29.9 Å². The van der Waals surface area contributed by atoms with E-state index in [1.165, 1.54) is 0 Å². The molecule has 1 N–H and O–H groups in total. The number of halogens is 2. The molecule has 0 bridgehead atoms. The lowest BCUT2D eigenvalue weighted by Crippen LogP contribution is -2.30. The second-order valence-corrected chi connectivity index (χ2v) is 6.07. The first-order chi connectivity index (χ1) is 11.6. The Labute approximate surface area is 138 Å². The predicted octanol–water partition coefficient (Wildman–Crippen LogP) is 2.56. The van der Waals surface area contributed by atoms with Crippen LogP contribution in [0, 0.1) is 17.6 Å². The van der Waals surface area contributed by atoms with Crippen LogP contribution in [0.15, 0.2) is 36.5 Å². The molecule has 24 heavy (non-hydrogen) atoms. The summed E-state index contributed by atoms with van der Waals surface area (Å²) in [5, 5.41) is 9.19. The zero-order valence-electron chi connectivity index (χ0n) is 13.1. The lowest BCUT2D eigenvalue weighted by molar-refractivity contribution is 0.0776. The highest BCUT2D eigenvalue weighted by molar-refractivity contribution is 5.92. The Balaban J connectivity index is 1.65. The summed E-state index contributed by atoms with van der Waals surface area (Å²) in [5.41, 5.74) is 1.63. The van der Waals surface area contributed by atoms with Gasteiger partial charge in [-0.1, -0.05) is 24.3 Å². The predicted molar refractivity (Wildman–Crippen MR) is 84.2 cm³/mol. The number of aliphatic hydroxyl groups excluding tert-OH is 1. The van der Waals surface area contributed by atoms with Crippen LogP contribution in [0.2, 0.25) is 0 Å². The summed E-state index contributed by atoms with van der Waals surface area (Å²) in [6.45, 7) is 1.04. The Bertz CT molecular complexity index is 752. The maximum absolute atomic E-state index is 13.7. The highest BCUT2D eigenvalue weighted by atomic mass is 19.1. The third kappa shape index (κ3) is 3.59. The van der Waals surface area contributed by atoms with Gasteiger partial charge in [-0.15, -0.1) is 0 Å². The highest BCUT2D eigenvalue weighted by Gasteiger charge is 2.29. The number of carbonyl (C=O) groups is 1. The highest BCUT2D eigenvalue weighted by Crippen LogP contribution is 2.23. The number of pyridine rings is 1. The van der Waals surface area contributed by atoms with Gasteiger partial charge in [0.15, 0.2) is 11.5 Å². The van der Waals surface area contributed by atoms with Gasteiger partial charge in [-0.3, -0.25) is 4.79 Å². The van der Waals surface area contributed by atoms with Crippen LogP contribution in [0.5, 0.6) is 0 Å². The van der Waals surface area contributed by atoms with E-state index in [1.807, 2.05) is 24.3 Å². The molecule has 1 fully saturated rings. The average molecular weight is 332 g/mol. The van der Waals surface area contributed by atoms with Crippen LogP contribution < -0.4 is 0 Å². The van der Waals surface area contributed by atoms with Gasteiger partial charge in [0.1, 0.15) is 5.82 Å². The van der Waals surface area contributed by atoms with Crippen molar-refractivity contribution in [2.24, 2.45) is 5.92 Å². The molecule has 1 aliphatic rings. The molecule has 6 heteroatoms. The maximum atomic E-state index is 13.7. The van der Waals surface area contributed by atoms with Crippen LogP contribution in [-0.2, 0) is 13.0 Å². The molecule has 1 aliphatic heterocycles. The second kappa shape index (κ2) is 7.05. The lowest BCUT2D eigenvalue weighted by atomic mass is 9.97. The molecule has 3 rings (SSSR count). The first kappa shape index (κ1) is 16.5. The molecular weight excluding hydrogens is 314 g/mol. The standard InChI is InChI=1S/C18H18F2N2O2/c19-15-8-16(20)17(21-9-15)18(24)22-5-4-13(10-22)6-12-2-1-3-14(7-12)11-23/h1-3,7-9,13,23H,4-6,10-11H2. The van der Waals surface area contributed by atoms with Crippen molar-refractivity contribution in [3.05, 3.63) is 65.0 Å². The van der Waals surface area contributed by atoms with Gasteiger partial charge in [0.05, 0.1) is 12.8 Å². The minimum absolute atomic E-state index is 0.00136. The SMILES string of the molecule is O=C(c1ncc(F)cc1F)N1CCC(Cc2cccc(CO)c2)C1. The third-order valence-electron chi connectivity index (χ3n) is 4.28. The topological polar surface area (TPSA) is 53.4 Å². The van der Waals surface area contributed by atoms with Crippen molar-refractivity contribution in [3.63, 3.8) is 0 Å². The quantitative estimate of drug-likeness (QED) is 0.936. The van der Waals surface area contributed by atoms with Gasteiger partial charge in [-0.2, -0.15) is 0 Å². The zero-order valence-corrected chi connectivity index (χ0v) is 13.1. The fraction of sp³-hybridized carbons (Fsp3) is 0.333. The monoisotopic (exact) mass is 332 g/mol. The number of aliphatic hydroxyl groups is 1. The summed E-state index contributed by atoms with van der Waals surface area (Å²) < 4.78 is 26.6. The van der Waals surface area contributed by atoms with Crippen LogP contribution >= 0.6 is 0 Å². The maximum Gasteiger partial charge on any atom is 0.275 e. The number of benzene rings is 1. The number of amides is 1. The molecule has 1 atom stereocenters. The van der Waals surface area contributed by atoms with Gasteiger partial charge in [-0.25, -0.2) is 13.8 Å². The molecule has 0 aliphatic carbocycles. The Morgan fingerprint density at radius 2 is 2.08 bits per heavy atom. The van der Waals surface area contributed by atoms with Crippen LogP contribution in [0.4, 0.5) is 8.78 Å². The minimum atomic E-state index is -0.931. The summed E-state index contributed by atoms with van der Waals surface area (Å²) in [4.78, 5) is 17.5. The summed E-state index contributed by atoms with van der Waals surface area (Å²) in [5.74, 6) is -1.96. The fourth-order valence-electron chi connectivity index (χ4n) is 3.09. The van der Waals surface area contributed by atoms with E-state index in [0.29, 0.717) is 19.2 Å². The van der Waals surface area contributed by atoms with Crippen molar-refractivity contribution in [2.45, 2.75) is 19.4 Å². The Kier molecular flexibility index (Phi) is 4.85. The molecule has 1 amide bonds. The summed E-state index contributed by atoms with van der Waals surface area (Å²) >= 11 is 0. The minimum Gasteiger partial charge on any atom is -0.392 e. The molecule has 2 heterocycles. The molecule has 0 spiro atoms.